The topological polar surface area (TPSA) is 88.4 Å². The fourth-order valence-electron chi connectivity index (χ4n) is 2.31. The molecule has 0 saturated heterocycles. The van der Waals surface area contributed by atoms with E-state index in [4.69, 9.17) is 16.0 Å². The van der Waals surface area contributed by atoms with Crippen molar-refractivity contribution in [2.24, 2.45) is 0 Å². The van der Waals surface area contributed by atoms with Gasteiger partial charge in [0.25, 0.3) is 5.91 Å². The van der Waals surface area contributed by atoms with Crippen molar-refractivity contribution in [2.45, 2.75) is 0 Å². The summed E-state index contributed by atoms with van der Waals surface area (Å²) < 4.78 is 30.3. The number of furan rings is 1. The van der Waals surface area contributed by atoms with Crippen LogP contribution in [0.1, 0.15) is 10.4 Å². The van der Waals surface area contributed by atoms with E-state index in [1.807, 2.05) is 6.07 Å². The Balaban J connectivity index is 1.90. The van der Waals surface area contributed by atoms with Crippen LogP contribution in [0.25, 0.3) is 11.0 Å². The van der Waals surface area contributed by atoms with E-state index in [-0.39, 0.29) is 16.6 Å². The Morgan fingerprint density at radius 1 is 1.12 bits per heavy atom. The maximum absolute atomic E-state index is 12.5. The van der Waals surface area contributed by atoms with Gasteiger partial charge in [0, 0.05) is 16.1 Å². The van der Waals surface area contributed by atoms with Crippen molar-refractivity contribution in [2.75, 3.05) is 16.3 Å². The standard InChI is InChI=1S/C16H13ClN2O4S/c1-24(21,22)19-13-8-11(17)7-12(9-13)18-16(20)14-4-2-3-10-5-6-23-15(10)14/h2-9,19H,1H3,(H,18,20). The van der Waals surface area contributed by atoms with E-state index in [0.29, 0.717) is 16.8 Å². The highest BCUT2D eigenvalue weighted by atomic mass is 35.5. The van der Waals surface area contributed by atoms with Gasteiger partial charge in [-0.2, -0.15) is 0 Å². The van der Waals surface area contributed by atoms with Crippen LogP contribution in [0, 0.1) is 0 Å². The summed E-state index contributed by atoms with van der Waals surface area (Å²) in [6.07, 6.45) is 2.54. The zero-order valence-corrected chi connectivity index (χ0v) is 14.1. The van der Waals surface area contributed by atoms with Crippen molar-refractivity contribution >= 4 is 49.9 Å². The molecule has 0 aliphatic carbocycles. The van der Waals surface area contributed by atoms with Gasteiger partial charge in [-0.25, -0.2) is 8.42 Å². The molecule has 0 saturated carbocycles. The first kappa shape index (κ1) is 16.4. The third kappa shape index (κ3) is 3.69. The Morgan fingerprint density at radius 3 is 2.62 bits per heavy atom. The summed E-state index contributed by atoms with van der Waals surface area (Å²) in [6, 6.07) is 11.4. The molecule has 124 valence electrons. The highest BCUT2D eigenvalue weighted by molar-refractivity contribution is 7.92. The van der Waals surface area contributed by atoms with Crippen LogP contribution in [0.4, 0.5) is 11.4 Å². The summed E-state index contributed by atoms with van der Waals surface area (Å²) in [5.74, 6) is -0.386. The first-order valence-electron chi connectivity index (χ1n) is 6.88. The molecule has 0 atom stereocenters. The molecule has 6 nitrogen and oxygen atoms in total. The van der Waals surface area contributed by atoms with Crippen molar-refractivity contribution in [3.05, 3.63) is 59.3 Å². The lowest BCUT2D eigenvalue weighted by Crippen LogP contribution is -2.13. The van der Waals surface area contributed by atoms with Gasteiger partial charge >= 0.3 is 0 Å². The highest BCUT2D eigenvalue weighted by Gasteiger charge is 2.13. The van der Waals surface area contributed by atoms with E-state index in [2.05, 4.69) is 10.0 Å². The van der Waals surface area contributed by atoms with Gasteiger partial charge in [-0.1, -0.05) is 23.7 Å². The van der Waals surface area contributed by atoms with Gasteiger partial charge in [0.2, 0.25) is 10.0 Å². The van der Waals surface area contributed by atoms with E-state index >= 15 is 0 Å². The lowest BCUT2D eigenvalue weighted by atomic mass is 10.1. The largest absolute Gasteiger partial charge is 0.464 e. The van der Waals surface area contributed by atoms with Crippen LogP contribution >= 0.6 is 11.6 Å². The van der Waals surface area contributed by atoms with Gasteiger partial charge in [-0.15, -0.1) is 0 Å². The number of carbonyl (C=O) groups excluding carboxylic acids is 1. The predicted molar refractivity (Wildman–Crippen MR) is 94.1 cm³/mol. The van der Waals surface area contributed by atoms with Gasteiger partial charge in [-0.05, 0) is 30.3 Å². The average molecular weight is 365 g/mol. The number of hydrogen-bond acceptors (Lipinski definition) is 4. The summed E-state index contributed by atoms with van der Waals surface area (Å²) in [4.78, 5) is 12.5. The molecule has 1 heterocycles. The molecule has 2 N–H and O–H groups in total. The van der Waals surface area contributed by atoms with Crippen LogP contribution in [0.5, 0.6) is 0 Å². The molecule has 0 unspecified atom stereocenters. The van der Waals surface area contributed by atoms with Crippen molar-refractivity contribution in [3.8, 4) is 0 Å². The molecule has 0 fully saturated rings. The normalized spacial score (nSPS) is 11.4. The number of rotatable bonds is 4. The molecule has 0 bridgehead atoms. The van der Waals surface area contributed by atoms with Crippen molar-refractivity contribution in [1.29, 1.82) is 0 Å². The predicted octanol–water partition coefficient (Wildman–Crippen LogP) is 3.71. The van der Waals surface area contributed by atoms with Crippen LogP contribution in [0.3, 0.4) is 0 Å². The number of sulfonamides is 1. The Labute approximate surface area is 143 Å². The summed E-state index contributed by atoms with van der Waals surface area (Å²) >= 11 is 5.98. The molecule has 1 amide bonds. The van der Waals surface area contributed by atoms with Crippen LogP contribution in [-0.2, 0) is 10.0 Å². The molecule has 8 heteroatoms. The number of amides is 1. The molecule has 1 aromatic heterocycles. The van der Waals surface area contributed by atoms with E-state index in [1.54, 1.807) is 18.2 Å². The quantitative estimate of drug-likeness (QED) is 0.738. The third-order valence-corrected chi connectivity index (χ3v) is 4.01. The molecule has 0 spiro atoms. The molecule has 0 radical (unpaired) electrons. The summed E-state index contributed by atoms with van der Waals surface area (Å²) in [5.41, 5.74) is 1.47. The summed E-state index contributed by atoms with van der Waals surface area (Å²) in [6.45, 7) is 0. The van der Waals surface area contributed by atoms with E-state index < -0.39 is 10.0 Å². The number of benzene rings is 2. The second-order valence-electron chi connectivity index (χ2n) is 5.20. The van der Waals surface area contributed by atoms with E-state index in [9.17, 15) is 13.2 Å². The van der Waals surface area contributed by atoms with Crippen molar-refractivity contribution in [1.82, 2.24) is 0 Å². The Hall–Kier alpha value is -2.51. The number of halogens is 1. The zero-order valence-electron chi connectivity index (χ0n) is 12.5. The van der Waals surface area contributed by atoms with E-state index in [0.717, 1.165) is 11.6 Å². The van der Waals surface area contributed by atoms with Crippen LogP contribution < -0.4 is 10.0 Å². The first-order valence-corrected chi connectivity index (χ1v) is 9.15. The van der Waals surface area contributed by atoms with Crippen LogP contribution in [0.2, 0.25) is 5.02 Å². The number of para-hydroxylation sites is 1. The van der Waals surface area contributed by atoms with Crippen LogP contribution in [-0.4, -0.2) is 20.6 Å². The highest BCUT2D eigenvalue weighted by Crippen LogP contribution is 2.25. The Bertz CT molecular complexity index is 1030. The lowest BCUT2D eigenvalue weighted by molar-refractivity contribution is 0.102. The minimum Gasteiger partial charge on any atom is -0.464 e. The number of fused-ring (bicyclic) bond motifs is 1. The Kier molecular flexibility index (Phi) is 4.21. The lowest BCUT2D eigenvalue weighted by Gasteiger charge is -2.10. The third-order valence-electron chi connectivity index (χ3n) is 3.18. The number of hydrogen-bond donors (Lipinski definition) is 2. The molecule has 3 aromatic rings. The summed E-state index contributed by atoms with van der Waals surface area (Å²) in [5, 5.41) is 3.79. The fraction of sp³-hybridized carbons (Fsp3) is 0.0625. The monoisotopic (exact) mass is 364 g/mol. The molecule has 0 aliphatic rings. The number of nitrogens with one attached hydrogen (secondary N) is 2. The maximum atomic E-state index is 12.5. The van der Waals surface area contributed by atoms with Gasteiger partial charge in [-0.3, -0.25) is 9.52 Å². The molecule has 0 aliphatic heterocycles. The minimum absolute atomic E-state index is 0.261. The minimum atomic E-state index is -3.45. The molecular formula is C16H13ClN2O4S. The maximum Gasteiger partial charge on any atom is 0.259 e. The fourth-order valence-corrected chi connectivity index (χ4v) is 3.09. The second-order valence-corrected chi connectivity index (χ2v) is 7.39. The van der Waals surface area contributed by atoms with Gasteiger partial charge in [0.1, 0.15) is 5.58 Å². The number of anilines is 2. The van der Waals surface area contributed by atoms with Crippen molar-refractivity contribution in [3.63, 3.8) is 0 Å². The van der Waals surface area contributed by atoms with Gasteiger partial charge in [0.05, 0.1) is 23.8 Å². The average Bonchev–Trinajstić information content (AvgIpc) is 2.92. The molecule has 3 rings (SSSR count). The van der Waals surface area contributed by atoms with Crippen molar-refractivity contribution < 1.29 is 17.6 Å². The second kappa shape index (κ2) is 6.18. The molecule has 2 aromatic carbocycles. The Morgan fingerprint density at radius 2 is 1.88 bits per heavy atom. The smallest absolute Gasteiger partial charge is 0.259 e. The van der Waals surface area contributed by atoms with Crippen LogP contribution in [0.15, 0.2) is 53.1 Å². The number of carbonyl (C=O) groups is 1. The zero-order chi connectivity index (χ0) is 17.3. The SMILES string of the molecule is CS(=O)(=O)Nc1cc(Cl)cc(NC(=O)c2cccc3ccoc23)c1. The van der Waals surface area contributed by atoms with E-state index in [1.165, 1.54) is 24.5 Å². The molecule has 24 heavy (non-hydrogen) atoms. The van der Waals surface area contributed by atoms with Gasteiger partial charge < -0.3 is 9.73 Å². The molecular weight excluding hydrogens is 352 g/mol. The first-order chi connectivity index (χ1) is 11.3. The van der Waals surface area contributed by atoms with Gasteiger partial charge in [0.15, 0.2) is 0 Å². The summed E-state index contributed by atoms with van der Waals surface area (Å²) in [7, 11) is -3.45.